The van der Waals surface area contributed by atoms with E-state index in [-0.39, 0.29) is 5.41 Å². The minimum atomic E-state index is -0.0766. The van der Waals surface area contributed by atoms with Gasteiger partial charge < -0.3 is 9.32 Å². The van der Waals surface area contributed by atoms with Crippen molar-refractivity contribution in [3.8, 4) is 22.3 Å². The zero-order valence-corrected chi connectivity index (χ0v) is 33.7. The van der Waals surface area contributed by atoms with Crippen LogP contribution in [0.4, 0.5) is 17.1 Å². The molecule has 8 aromatic carbocycles. The summed E-state index contributed by atoms with van der Waals surface area (Å²) in [6.07, 6.45) is 6.70. The molecule has 2 aromatic heterocycles. The van der Waals surface area contributed by atoms with Crippen LogP contribution in [0.5, 0.6) is 0 Å². The molecule has 1 saturated carbocycles. The molecule has 2 heterocycles. The SMILES string of the molecule is CC1(C)c2ccccc2-c2cc(N(c3ccc4c(c3)sc3cc(C5CCCCC5)ccc34)c3ccc4ccccc4c3-c3cccc4c3oc3ccccc34)ccc21. The van der Waals surface area contributed by atoms with Gasteiger partial charge in [-0.25, -0.2) is 0 Å². The summed E-state index contributed by atoms with van der Waals surface area (Å²) in [5.41, 5.74) is 14.3. The molecule has 58 heavy (non-hydrogen) atoms. The Bertz CT molecular complexity index is 3260. The monoisotopic (exact) mass is 765 g/mol. The lowest BCUT2D eigenvalue weighted by molar-refractivity contribution is 0.444. The Kier molecular flexibility index (Phi) is 7.56. The van der Waals surface area contributed by atoms with E-state index in [0.29, 0.717) is 5.92 Å². The number of thiophene rings is 1. The first kappa shape index (κ1) is 33.9. The van der Waals surface area contributed by atoms with Crippen molar-refractivity contribution in [3.05, 3.63) is 174 Å². The third-order valence-electron chi connectivity index (χ3n) is 13.5. The molecule has 0 radical (unpaired) electrons. The summed E-state index contributed by atoms with van der Waals surface area (Å²) in [6, 6.07) is 59.0. The van der Waals surface area contributed by atoms with Crippen LogP contribution in [0.1, 0.15) is 68.6 Å². The molecule has 1 fully saturated rings. The fourth-order valence-electron chi connectivity index (χ4n) is 10.6. The molecule has 0 atom stereocenters. The number of furan rings is 1. The maximum Gasteiger partial charge on any atom is 0.143 e. The van der Waals surface area contributed by atoms with Gasteiger partial charge in [0.15, 0.2) is 0 Å². The summed E-state index contributed by atoms with van der Waals surface area (Å²) >= 11 is 1.94. The first-order chi connectivity index (χ1) is 28.5. The molecule has 0 unspecified atom stereocenters. The second kappa shape index (κ2) is 12.9. The van der Waals surface area contributed by atoms with E-state index in [9.17, 15) is 0 Å². The van der Waals surface area contributed by atoms with E-state index in [1.165, 1.54) is 90.9 Å². The summed E-state index contributed by atoms with van der Waals surface area (Å²) in [6.45, 7) is 4.72. The van der Waals surface area contributed by atoms with Crippen LogP contribution in [-0.2, 0) is 5.41 Å². The standard InChI is InChI=1S/C55H43NOS/c1-55(2)47-21-10-8-17-40(47)46-32-37(26-29-48(46)55)56(38-25-28-43-42-27-23-36(34-13-4-3-5-14-34)31-51(42)58-52(43)33-38)49-30-24-35-15-6-7-16-39(35)53(49)45-20-12-19-44-41-18-9-11-22-50(41)57-54(44)45/h6-12,15-34H,3-5,13-14H2,1-2H3. The van der Waals surface area contributed by atoms with E-state index in [4.69, 9.17) is 4.42 Å². The van der Waals surface area contributed by atoms with E-state index in [0.717, 1.165) is 50.1 Å². The van der Waals surface area contributed by atoms with Crippen molar-refractivity contribution in [3.63, 3.8) is 0 Å². The number of hydrogen-bond acceptors (Lipinski definition) is 3. The Morgan fingerprint density at radius 2 is 1.22 bits per heavy atom. The molecule has 2 aliphatic rings. The highest BCUT2D eigenvalue weighted by Crippen LogP contribution is 2.53. The largest absolute Gasteiger partial charge is 0.455 e. The highest BCUT2D eigenvalue weighted by molar-refractivity contribution is 7.25. The first-order valence-corrected chi connectivity index (χ1v) is 21.8. The van der Waals surface area contributed by atoms with Crippen LogP contribution >= 0.6 is 11.3 Å². The Labute approximate surface area is 343 Å². The normalized spacial score (nSPS) is 15.1. The number of para-hydroxylation sites is 2. The Morgan fingerprint density at radius 1 is 0.534 bits per heavy atom. The predicted octanol–water partition coefficient (Wildman–Crippen LogP) is 16.6. The van der Waals surface area contributed by atoms with Crippen molar-refractivity contribution in [1.82, 2.24) is 0 Å². The molecule has 0 amide bonds. The van der Waals surface area contributed by atoms with Crippen LogP contribution in [0.15, 0.2) is 162 Å². The quantitative estimate of drug-likeness (QED) is 0.173. The molecule has 2 aliphatic carbocycles. The molecule has 2 nitrogen and oxygen atoms in total. The topological polar surface area (TPSA) is 16.4 Å². The fraction of sp³-hybridized carbons (Fsp3) is 0.164. The number of fused-ring (bicyclic) bond motifs is 10. The molecule has 0 aliphatic heterocycles. The van der Waals surface area contributed by atoms with Crippen LogP contribution in [0.25, 0.3) is 75.1 Å². The molecule has 0 bridgehead atoms. The van der Waals surface area contributed by atoms with Crippen LogP contribution in [0.2, 0.25) is 0 Å². The van der Waals surface area contributed by atoms with Gasteiger partial charge >= 0.3 is 0 Å². The molecule has 12 rings (SSSR count). The molecule has 3 heteroatoms. The van der Waals surface area contributed by atoms with Crippen LogP contribution < -0.4 is 4.90 Å². The number of benzene rings is 8. The maximum atomic E-state index is 6.78. The molecule has 280 valence electrons. The van der Waals surface area contributed by atoms with Crippen molar-refractivity contribution < 1.29 is 4.42 Å². The predicted molar refractivity (Wildman–Crippen MR) is 248 cm³/mol. The minimum absolute atomic E-state index is 0.0766. The second-order valence-electron chi connectivity index (χ2n) is 17.1. The third-order valence-corrected chi connectivity index (χ3v) is 14.6. The smallest absolute Gasteiger partial charge is 0.143 e. The maximum absolute atomic E-state index is 6.78. The van der Waals surface area contributed by atoms with E-state index >= 15 is 0 Å². The zero-order valence-electron chi connectivity index (χ0n) is 32.9. The van der Waals surface area contributed by atoms with Crippen molar-refractivity contribution in [2.24, 2.45) is 0 Å². The van der Waals surface area contributed by atoms with Gasteiger partial charge in [-0.2, -0.15) is 0 Å². The number of nitrogens with zero attached hydrogens (tertiary/aromatic N) is 1. The molecular weight excluding hydrogens is 723 g/mol. The van der Waals surface area contributed by atoms with Gasteiger partial charge in [0, 0.05) is 58.9 Å². The van der Waals surface area contributed by atoms with Crippen LogP contribution in [-0.4, -0.2) is 0 Å². The Balaban J connectivity index is 1.12. The summed E-state index contributed by atoms with van der Waals surface area (Å²) in [7, 11) is 0. The Morgan fingerprint density at radius 3 is 2.12 bits per heavy atom. The lowest BCUT2D eigenvalue weighted by Gasteiger charge is -2.30. The van der Waals surface area contributed by atoms with Crippen LogP contribution in [0.3, 0.4) is 0 Å². The van der Waals surface area contributed by atoms with Gasteiger partial charge in [0.25, 0.3) is 0 Å². The average molecular weight is 766 g/mol. The van der Waals surface area contributed by atoms with Crippen LogP contribution in [0, 0.1) is 0 Å². The number of hydrogen-bond donors (Lipinski definition) is 0. The minimum Gasteiger partial charge on any atom is -0.455 e. The second-order valence-corrected chi connectivity index (χ2v) is 18.2. The number of rotatable bonds is 5. The molecule has 0 N–H and O–H groups in total. The zero-order chi connectivity index (χ0) is 38.5. The average Bonchev–Trinajstić information content (AvgIpc) is 3.91. The summed E-state index contributed by atoms with van der Waals surface area (Å²) < 4.78 is 9.49. The van der Waals surface area contributed by atoms with Gasteiger partial charge in [-0.3, -0.25) is 0 Å². The van der Waals surface area contributed by atoms with Crippen molar-refractivity contribution in [2.75, 3.05) is 4.90 Å². The molecular formula is C55H43NOS. The van der Waals surface area contributed by atoms with Gasteiger partial charge in [-0.15, -0.1) is 11.3 Å². The third kappa shape index (κ3) is 5.09. The van der Waals surface area contributed by atoms with Gasteiger partial charge in [0.1, 0.15) is 11.2 Å². The highest BCUT2D eigenvalue weighted by Gasteiger charge is 2.36. The van der Waals surface area contributed by atoms with Gasteiger partial charge in [0.05, 0.1) is 5.69 Å². The lowest BCUT2D eigenvalue weighted by atomic mass is 9.82. The molecule has 0 saturated heterocycles. The Hall–Kier alpha value is -6.16. The van der Waals surface area contributed by atoms with Crippen molar-refractivity contribution >= 4 is 81.3 Å². The first-order valence-electron chi connectivity index (χ1n) is 20.9. The van der Waals surface area contributed by atoms with Gasteiger partial charge in [0.2, 0.25) is 0 Å². The van der Waals surface area contributed by atoms with Gasteiger partial charge in [-0.1, -0.05) is 148 Å². The molecule has 10 aromatic rings. The van der Waals surface area contributed by atoms with E-state index < -0.39 is 0 Å². The summed E-state index contributed by atoms with van der Waals surface area (Å²) in [5.74, 6) is 0.687. The van der Waals surface area contributed by atoms with Gasteiger partial charge in [-0.05, 0) is 99.8 Å². The summed E-state index contributed by atoms with van der Waals surface area (Å²) in [4.78, 5) is 2.51. The molecule has 0 spiro atoms. The van der Waals surface area contributed by atoms with Crippen molar-refractivity contribution in [2.45, 2.75) is 57.3 Å². The summed E-state index contributed by atoms with van der Waals surface area (Å²) in [5, 5.41) is 7.36. The number of anilines is 3. The fourth-order valence-corrected chi connectivity index (χ4v) is 11.7. The highest BCUT2D eigenvalue weighted by atomic mass is 32.1. The van der Waals surface area contributed by atoms with E-state index in [2.05, 4.69) is 176 Å². The van der Waals surface area contributed by atoms with E-state index in [1.807, 2.05) is 11.3 Å². The lowest BCUT2D eigenvalue weighted by Crippen LogP contribution is -2.15. The van der Waals surface area contributed by atoms with Crippen molar-refractivity contribution in [1.29, 1.82) is 0 Å². The van der Waals surface area contributed by atoms with E-state index in [1.54, 1.807) is 0 Å².